The summed E-state index contributed by atoms with van der Waals surface area (Å²) in [6.07, 6.45) is 1.73. The van der Waals surface area contributed by atoms with Gasteiger partial charge in [-0.15, -0.1) is 0 Å². The molecule has 0 aromatic rings. The van der Waals surface area contributed by atoms with Crippen LogP contribution in [0.4, 0.5) is 0 Å². The zero-order valence-corrected chi connectivity index (χ0v) is 9.31. The van der Waals surface area contributed by atoms with Crippen LogP contribution < -0.4 is 11.5 Å². The molecule has 0 amide bonds. The van der Waals surface area contributed by atoms with Crippen molar-refractivity contribution in [2.45, 2.75) is 33.6 Å². The molecule has 0 saturated heterocycles. The number of rotatable bonds is 0. The number of hydrogen-bond acceptors (Lipinski definition) is 2. The van der Waals surface area contributed by atoms with Crippen LogP contribution in [0.3, 0.4) is 0 Å². The van der Waals surface area contributed by atoms with E-state index in [-0.39, 0.29) is 0 Å². The summed E-state index contributed by atoms with van der Waals surface area (Å²) in [6, 6.07) is 0. The SMILES string of the molecule is N[C@]1(Cl)CCCC(Cl)(Cl)[C@]1(N)Cl. The summed E-state index contributed by atoms with van der Waals surface area (Å²) in [4.78, 5) is -2.72. The Hall–Kier alpha value is 1.08. The fourth-order valence-electron chi connectivity index (χ4n) is 1.24. The van der Waals surface area contributed by atoms with Crippen LogP contribution in [-0.2, 0) is 0 Å². The lowest BCUT2D eigenvalue weighted by Crippen LogP contribution is -2.69. The monoisotopic (exact) mass is 250 g/mol. The summed E-state index contributed by atoms with van der Waals surface area (Å²) in [5, 5.41) is 0. The highest BCUT2D eigenvalue weighted by atomic mass is 35.5. The molecule has 0 aromatic heterocycles. The van der Waals surface area contributed by atoms with E-state index in [9.17, 15) is 0 Å². The van der Waals surface area contributed by atoms with Crippen molar-refractivity contribution in [1.82, 2.24) is 0 Å². The molecule has 2 nitrogen and oxygen atoms in total. The van der Waals surface area contributed by atoms with Gasteiger partial charge in [0, 0.05) is 0 Å². The van der Waals surface area contributed by atoms with Gasteiger partial charge in [-0.25, -0.2) is 0 Å². The van der Waals surface area contributed by atoms with Crippen molar-refractivity contribution in [1.29, 1.82) is 0 Å². The first-order chi connectivity index (χ1) is 5.21. The minimum atomic E-state index is -1.48. The average Bonchev–Trinajstić information content (AvgIpc) is 1.83. The van der Waals surface area contributed by atoms with Gasteiger partial charge in [-0.3, -0.25) is 0 Å². The highest BCUT2D eigenvalue weighted by Gasteiger charge is 2.59. The zero-order valence-electron chi connectivity index (χ0n) is 6.29. The Morgan fingerprint density at radius 3 is 1.75 bits per heavy atom. The van der Waals surface area contributed by atoms with Crippen LogP contribution in [0.2, 0.25) is 0 Å². The molecule has 1 aliphatic rings. The first-order valence-electron chi connectivity index (χ1n) is 3.54. The van der Waals surface area contributed by atoms with Gasteiger partial charge in [0.1, 0.15) is 5.00 Å². The molecule has 1 saturated carbocycles. The van der Waals surface area contributed by atoms with Crippen LogP contribution in [0.1, 0.15) is 19.3 Å². The first-order valence-corrected chi connectivity index (χ1v) is 5.05. The second-order valence-electron chi connectivity index (χ2n) is 3.13. The van der Waals surface area contributed by atoms with Crippen LogP contribution in [0, 0.1) is 0 Å². The molecule has 0 radical (unpaired) electrons. The molecule has 1 fully saturated rings. The smallest absolute Gasteiger partial charge is 0.156 e. The van der Waals surface area contributed by atoms with Crippen LogP contribution >= 0.6 is 46.4 Å². The van der Waals surface area contributed by atoms with Crippen molar-refractivity contribution in [2.24, 2.45) is 11.5 Å². The van der Waals surface area contributed by atoms with Gasteiger partial charge >= 0.3 is 0 Å². The topological polar surface area (TPSA) is 52.0 Å². The fourth-order valence-corrected chi connectivity index (χ4v) is 2.42. The van der Waals surface area contributed by atoms with Crippen molar-refractivity contribution in [2.75, 3.05) is 0 Å². The van der Waals surface area contributed by atoms with E-state index in [0.717, 1.165) is 6.42 Å². The van der Waals surface area contributed by atoms with Gasteiger partial charge in [0.15, 0.2) is 9.33 Å². The first kappa shape index (κ1) is 11.2. The van der Waals surface area contributed by atoms with Gasteiger partial charge in [0.2, 0.25) is 0 Å². The number of hydrogen-bond donors (Lipinski definition) is 2. The van der Waals surface area contributed by atoms with Crippen LogP contribution in [0.15, 0.2) is 0 Å². The van der Waals surface area contributed by atoms with E-state index >= 15 is 0 Å². The maximum Gasteiger partial charge on any atom is 0.156 e. The minimum absolute atomic E-state index is 0.502. The van der Waals surface area contributed by atoms with E-state index in [1.165, 1.54) is 0 Å². The highest BCUT2D eigenvalue weighted by Crippen LogP contribution is 2.51. The third-order valence-electron chi connectivity index (χ3n) is 2.17. The quantitative estimate of drug-likeness (QED) is 0.512. The van der Waals surface area contributed by atoms with Gasteiger partial charge in [0.25, 0.3) is 0 Å². The molecule has 0 aliphatic heterocycles. The third-order valence-corrected chi connectivity index (χ3v) is 4.58. The largest absolute Gasteiger partial charge is 0.310 e. The normalized spacial score (nSPS) is 47.5. The van der Waals surface area contributed by atoms with Crippen LogP contribution in [0.5, 0.6) is 0 Å². The molecule has 4 N–H and O–H groups in total. The Bertz CT molecular complexity index is 172. The van der Waals surface area contributed by atoms with E-state index in [1.807, 2.05) is 0 Å². The van der Waals surface area contributed by atoms with Crippen molar-refractivity contribution in [3.63, 3.8) is 0 Å². The van der Waals surface area contributed by atoms with Crippen molar-refractivity contribution >= 4 is 46.4 Å². The second-order valence-corrected chi connectivity index (χ2v) is 5.89. The van der Waals surface area contributed by atoms with E-state index < -0.39 is 14.3 Å². The molecular weight excluding hydrogens is 242 g/mol. The summed E-state index contributed by atoms with van der Waals surface area (Å²) >= 11 is 23.6. The van der Waals surface area contributed by atoms with E-state index in [0.29, 0.717) is 12.8 Å². The molecule has 2 atom stereocenters. The molecule has 1 rings (SSSR count). The standard InChI is InChI=1S/C6H10Cl4N2/c7-4(8)2-1-3-5(9,11)6(4,10)12/h1-3,11-12H2/t5-,6-/m1/s1. The van der Waals surface area contributed by atoms with Crippen LogP contribution in [-0.4, -0.2) is 14.3 Å². The summed E-state index contributed by atoms with van der Waals surface area (Å²) in [6.45, 7) is 0. The molecule has 72 valence electrons. The van der Waals surface area contributed by atoms with E-state index in [1.54, 1.807) is 0 Å². The molecule has 6 heteroatoms. The van der Waals surface area contributed by atoms with Gasteiger partial charge in [-0.2, -0.15) is 0 Å². The summed E-state index contributed by atoms with van der Waals surface area (Å²) in [5.41, 5.74) is 11.3. The Kier molecular flexibility index (Phi) is 2.83. The Morgan fingerprint density at radius 2 is 1.42 bits per heavy atom. The maximum atomic E-state index is 5.91. The molecule has 0 unspecified atom stereocenters. The fraction of sp³-hybridized carbons (Fsp3) is 1.00. The maximum absolute atomic E-state index is 5.91. The Labute approximate surface area is 91.5 Å². The molecular formula is C6H10Cl4N2. The molecule has 0 aromatic carbocycles. The zero-order chi connectivity index (χ0) is 9.62. The number of halogens is 4. The summed E-state index contributed by atoms with van der Waals surface area (Å²) < 4.78 is -1.26. The van der Waals surface area contributed by atoms with Gasteiger partial charge in [-0.1, -0.05) is 46.4 Å². The number of alkyl halides is 4. The molecule has 0 spiro atoms. The molecule has 0 bridgehead atoms. The second kappa shape index (κ2) is 3.04. The predicted octanol–water partition coefficient (Wildman–Crippen LogP) is 2.13. The molecule has 12 heavy (non-hydrogen) atoms. The van der Waals surface area contributed by atoms with Gasteiger partial charge in [-0.05, 0) is 19.3 Å². The van der Waals surface area contributed by atoms with Gasteiger partial charge < -0.3 is 11.5 Å². The van der Waals surface area contributed by atoms with Crippen LogP contribution in [0.25, 0.3) is 0 Å². The lowest BCUT2D eigenvalue weighted by atomic mass is 9.89. The molecule has 0 heterocycles. The lowest BCUT2D eigenvalue weighted by Gasteiger charge is -2.47. The van der Waals surface area contributed by atoms with Crippen molar-refractivity contribution in [3.05, 3.63) is 0 Å². The lowest BCUT2D eigenvalue weighted by molar-refractivity contribution is 0.290. The third kappa shape index (κ3) is 1.54. The van der Waals surface area contributed by atoms with Crippen molar-refractivity contribution in [3.8, 4) is 0 Å². The minimum Gasteiger partial charge on any atom is -0.310 e. The molecule has 1 aliphatic carbocycles. The van der Waals surface area contributed by atoms with Crippen molar-refractivity contribution < 1.29 is 0 Å². The van der Waals surface area contributed by atoms with Gasteiger partial charge in [0.05, 0.1) is 0 Å². The van der Waals surface area contributed by atoms with E-state index in [2.05, 4.69) is 0 Å². The predicted molar refractivity (Wildman–Crippen MR) is 53.8 cm³/mol. The Morgan fingerprint density at radius 1 is 0.917 bits per heavy atom. The summed E-state index contributed by atoms with van der Waals surface area (Å²) in [7, 11) is 0. The Balaban J connectivity index is 2.99. The van der Waals surface area contributed by atoms with E-state index in [4.69, 9.17) is 57.9 Å². The average molecular weight is 252 g/mol. The summed E-state index contributed by atoms with van der Waals surface area (Å²) in [5.74, 6) is 0. The number of nitrogens with two attached hydrogens (primary N) is 2. The highest BCUT2D eigenvalue weighted by molar-refractivity contribution is 6.55.